The van der Waals surface area contributed by atoms with Crippen molar-refractivity contribution in [3.8, 4) is 0 Å². The molecule has 1 aliphatic rings. The van der Waals surface area contributed by atoms with Gasteiger partial charge in [0.25, 0.3) is 0 Å². The number of fused-ring (bicyclic) bond motifs is 1. The lowest BCUT2D eigenvalue weighted by Crippen LogP contribution is -1.94. The number of aromatic carboxylic acids is 1. The summed E-state index contributed by atoms with van der Waals surface area (Å²) < 4.78 is 3.00. The third-order valence-corrected chi connectivity index (χ3v) is 3.46. The molecule has 0 spiro atoms. The number of halogens is 1. The van der Waals surface area contributed by atoms with Crippen LogP contribution in [0, 0.1) is 0 Å². The normalized spacial score (nSPS) is 15.6. The van der Waals surface area contributed by atoms with Crippen LogP contribution in [-0.4, -0.2) is 15.6 Å². The van der Waals surface area contributed by atoms with Gasteiger partial charge in [-0.05, 0) is 31.0 Å². The van der Waals surface area contributed by atoms with Crippen LogP contribution >= 0.6 is 15.9 Å². The van der Waals surface area contributed by atoms with E-state index in [0.29, 0.717) is 11.6 Å². The van der Waals surface area contributed by atoms with Crippen LogP contribution in [0.25, 0.3) is 10.9 Å². The molecular weight excluding hydrogens is 270 g/mol. The predicted molar refractivity (Wildman–Crippen MR) is 64.9 cm³/mol. The molecule has 0 unspecified atom stereocenters. The fraction of sp³-hybridized carbons (Fsp3) is 0.250. The SMILES string of the molecule is O=C(O)c1cn(C2CC2)c2ccc(Br)cc12. The summed E-state index contributed by atoms with van der Waals surface area (Å²) in [6, 6.07) is 6.30. The van der Waals surface area contributed by atoms with Crippen LogP contribution in [0.4, 0.5) is 0 Å². The highest BCUT2D eigenvalue weighted by atomic mass is 79.9. The Kier molecular flexibility index (Phi) is 2.07. The molecule has 0 radical (unpaired) electrons. The Labute approximate surface area is 101 Å². The zero-order chi connectivity index (χ0) is 11.3. The minimum atomic E-state index is -0.859. The Bertz CT molecular complexity index is 584. The molecule has 3 rings (SSSR count). The molecule has 82 valence electrons. The van der Waals surface area contributed by atoms with Crippen LogP contribution in [0.3, 0.4) is 0 Å². The number of aromatic nitrogens is 1. The number of hydrogen-bond donors (Lipinski definition) is 1. The summed E-state index contributed by atoms with van der Waals surface area (Å²) in [6.07, 6.45) is 4.06. The first-order valence-corrected chi connectivity index (χ1v) is 5.99. The minimum Gasteiger partial charge on any atom is -0.478 e. The molecule has 0 amide bonds. The maximum atomic E-state index is 11.2. The first kappa shape index (κ1) is 9.90. The summed E-state index contributed by atoms with van der Waals surface area (Å²) >= 11 is 3.38. The fourth-order valence-electron chi connectivity index (χ4n) is 2.05. The smallest absolute Gasteiger partial charge is 0.337 e. The number of hydrogen-bond acceptors (Lipinski definition) is 1. The van der Waals surface area contributed by atoms with E-state index in [9.17, 15) is 4.79 Å². The molecule has 1 fully saturated rings. The molecule has 1 saturated carbocycles. The number of rotatable bonds is 2. The van der Waals surface area contributed by atoms with Crippen molar-refractivity contribution in [2.75, 3.05) is 0 Å². The average Bonchev–Trinajstić information content (AvgIpc) is 2.99. The van der Waals surface area contributed by atoms with Gasteiger partial charge < -0.3 is 9.67 Å². The van der Waals surface area contributed by atoms with Gasteiger partial charge in [0.05, 0.1) is 5.56 Å². The topological polar surface area (TPSA) is 42.2 Å². The van der Waals surface area contributed by atoms with Crippen LogP contribution in [0.2, 0.25) is 0 Å². The summed E-state index contributed by atoms with van der Waals surface area (Å²) in [5, 5.41) is 9.97. The van der Waals surface area contributed by atoms with Crippen molar-refractivity contribution in [3.05, 3.63) is 34.4 Å². The van der Waals surface area contributed by atoms with E-state index in [4.69, 9.17) is 5.11 Å². The zero-order valence-electron chi connectivity index (χ0n) is 8.48. The van der Waals surface area contributed by atoms with Crippen molar-refractivity contribution in [3.63, 3.8) is 0 Å². The Morgan fingerprint density at radius 1 is 1.44 bits per heavy atom. The lowest BCUT2D eigenvalue weighted by molar-refractivity contribution is 0.0699. The maximum Gasteiger partial charge on any atom is 0.337 e. The quantitative estimate of drug-likeness (QED) is 0.915. The van der Waals surface area contributed by atoms with E-state index in [1.165, 1.54) is 0 Å². The zero-order valence-corrected chi connectivity index (χ0v) is 10.1. The Hall–Kier alpha value is -1.29. The highest BCUT2D eigenvalue weighted by Crippen LogP contribution is 2.39. The van der Waals surface area contributed by atoms with Crippen molar-refractivity contribution in [1.29, 1.82) is 0 Å². The van der Waals surface area contributed by atoms with E-state index in [0.717, 1.165) is 28.2 Å². The summed E-state index contributed by atoms with van der Waals surface area (Å²) in [7, 11) is 0. The van der Waals surface area contributed by atoms with Gasteiger partial charge in [0.2, 0.25) is 0 Å². The van der Waals surface area contributed by atoms with Gasteiger partial charge in [-0.3, -0.25) is 0 Å². The van der Waals surface area contributed by atoms with Gasteiger partial charge in [0.15, 0.2) is 0 Å². The lowest BCUT2D eigenvalue weighted by Gasteiger charge is -2.01. The second-order valence-electron chi connectivity index (χ2n) is 4.15. The molecule has 1 aromatic heterocycles. The van der Waals surface area contributed by atoms with E-state index in [1.807, 2.05) is 18.2 Å². The minimum absolute atomic E-state index is 0.392. The maximum absolute atomic E-state index is 11.2. The molecule has 16 heavy (non-hydrogen) atoms. The molecule has 4 heteroatoms. The van der Waals surface area contributed by atoms with Crippen molar-refractivity contribution in [2.24, 2.45) is 0 Å². The first-order valence-electron chi connectivity index (χ1n) is 5.20. The van der Waals surface area contributed by atoms with Crippen molar-refractivity contribution >= 4 is 32.8 Å². The van der Waals surface area contributed by atoms with E-state index >= 15 is 0 Å². The van der Waals surface area contributed by atoms with Gasteiger partial charge in [0.1, 0.15) is 0 Å². The third-order valence-electron chi connectivity index (χ3n) is 2.97. The van der Waals surface area contributed by atoms with E-state index < -0.39 is 5.97 Å². The molecule has 2 aromatic rings. The van der Waals surface area contributed by atoms with E-state index in [1.54, 1.807) is 6.20 Å². The number of nitrogens with zero attached hydrogens (tertiary/aromatic N) is 1. The van der Waals surface area contributed by atoms with Gasteiger partial charge in [0, 0.05) is 27.6 Å². The monoisotopic (exact) mass is 279 g/mol. The Balaban J connectivity index is 2.32. The van der Waals surface area contributed by atoms with E-state index in [-0.39, 0.29) is 0 Å². The molecule has 0 atom stereocenters. The van der Waals surface area contributed by atoms with Gasteiger partial charge in [-0.2, -0.15) is 0 Å². The number of benzene rings is 1. The number of carboxylic acid groups (broad SMARTS) is 1. The second kappa shape index (κ2) is 3.35. The summed E-state index contributed by atoms with van der Waals surface area (Å²) in [4.78, 5) is 11.2. The highest BCUT2D eigenvalue weighted by molar-refractivity contribution is 9.10. The van der Waals surface area contributed by atoms with Gasteiger partial charge in [-0.25, -0.2) is 4.79 Å². The van der Waals surface area contributed by atoms with Crippen LogP contribution < -0.4 is 0 Å². The Morgan fingerprint density at radius 2 is 2.19 bits per heavy atom. The average molecular weight is 280 g/mol. The Morgan fingerprint density at radius 3 is 2.81 bits per heavy atom. The van der Waals surface area contributed by atoms with Crippen molar-refractivity contribution < 1.29 is 9.90 Å². The molecule has 1 aliphatic carbocycles. The van der Waals surface area contributed by atoms with Crippen LogP contribution in [0.1, 0.15) is 29.2 Å². The fourth-order valence-corrected chi connectivity index (χ4v) is 2.41. The molecular formula is C12H10BrNO2. The summed E-state index contributed by atoms with van der Waals surface area (Å²) in [6.45, 7) is 0. The standard InChI is InChI=1S/C12H10BrNO2/c13-7-1-4-11-9(5-7)10(12(15)16)6-14(11)8-2-3-8/h1,4-6,8H,2-3H2,(H,15,16). The molecule has 1 N–H and O–H groups in total. The summed E-state index contributed by atoms with van der Waals surface area (Å²) in [5.41, 5.74) is 1.41. The second-order valence-corrected chi connectivity index (χ2v) is 5.06. The molecule has 1 heterocycles. The highest BCUT2D eigenvalue weighted by Gasteiger charge is 2.26. The number of carbonyl (C=O) groups is 1. The van der Waals surface area contributed by atoms with Crippen LogP contribution in [-0.2, 0) is 0 Å². The first-order chi connectivity index (χ1) is 7.66. The summed E-state index contributed by atoms with van der Waals surface area (Å²) in [5.74, 6) is -0.859. The molecule has 0 bridgehead atoms. The van der Waals surface area contributed by atoms with Gasteiger partial charge in [-0.15, -0.1) is 0 Å². The third kappa shape index (κ3) is 1.45. The lowest BCUT2D eigenvalue weighted by atomic mass is 10.2. The predicted octanol–water partition coefficient (Wildman–Crippen LogP) is 3.44. The van der Waals surface area contributed by atoms with Crippen LogP contribution in [0.5, 0.6) is 0 Å². The van der Waals surface area contributed by atoms with Gasteiger partial charge in [-0.1, -0.05) is 15.9 Å². The molecule has 0 aliphatic heterocycles. The molecule has 1 aromatic carbocycles. The van der Waals surface area contributed by atoms with Crippen molar-refractivity contribution in [2.45, 2.75) is 18.9 Å². The molecule has 0 saturated heterocycles. The molecule has 3 nitrogen and oxygen atoms in total. The van der Waals surface area contributed by atoms with Crippen LogP contribution in [0.15, 0.2) is 28.9 Å². The van der Waals surface area contributed by atoms with E-state index in [2.05, 4.69) is 20.5 Å². The van der Waals surface area contributed by atoms with Gasteiger partial charge >= 0.3 is 5.97 Å². The van der Waals surface area contributed by atoms with Crippen molar-refractivity contribution in [1.82, 2.24) is 4.57 Å². The largest absolute Gasteiger partial charge is 0.478 e. The number of carboxylic acids is 1.